The van der Waals surface area contributed by atoms with Gasteiger partial charge in [-0.2, -0.15) is 0 Å². The fraction of sp³-hybridized carbons (Fsp3) is 0.200. The van der Waals surface area contributed by atoms with E-state index in [4.69, 9.17) is 4.74 Å². The van der Waals surface area contributed by atoms with Gasteiger partial charge in [0.15, 0.2) is 0 Å². The Morgan fingerprint density at radius 1 is 1.05 bits per heavy atom. The van der Waals surface area contributed by atoms with Crippen LogP contribution in [0.5, 0.6) is 5.75 Å². The molecule has 2 aromatic rings. The summed E-state index contributed by atoms with van der Waals surface area (Å²) in [5.74, 6) is 0.866. The molecule has 0 bridgehead atoms. The molecule has 0 aliphatic rings. The lowest BCUT2D eigenvalue weighted by Gasteiger charge is -2.11. The topological polar surface area (TPSA) is 21.3 Å². The van der Waals surface area contributed by atoms with Gasteiger partial charge in [0.05, 0.1) is 7.11 Å². The van der Waals surface area contributed by atoms with Crippen molar-refractivity contribution in [1.29, 1.82) is 0 Å². The van der Waals surface area contributed by atoms with Gasteiger partial charge in [-0.1, -0.05) is 37.9 Å². The van der Waals surface area contributed by atoms with Crippen molar-refractivity contribution in [2.75, 3.05) is 12.4 Å². The predicted octanol–water partition coefficient (Wildman–Crippen LogP) is 5.14. The van der Waals surface area contributed by atoms with Crippen LogP contribution in [0.25, 0.3) is 0 Å². The van der Waals surface area contributed by atoms with Crippen LogP contribution >= 0.6 is 31.9 Å². The highest BCUT2D eigenvalue weighted by atomic mass is 79.9. The first-order chi connectivity index (χ1) is 9.10. The Balaban J connectivity index is 2.11. The summed E-state index contributed by atoms with van der Waals surface area (Å²) in [5.41, 5.74) is 3.48. The molecule has 0 heterocycles. The monoisotopic (exact) mass is 383 g/mol. The number of anilines is 1. The second kappa shape index (κ2) is 6.44. The molecule has 100 valence electrons. The van der Waals surface area contributed by atoms with Crippen molar-refractivity contribution < 1.29 is 4.74 Å². The highest BCUT2D eigenvalue weighted by Gasteiger charge is 2.03. The number of rotatable bonds is 4. The van der Waals surface area contributed by atoms with E-state index < -0.39 is 0 Å². The molecule has 0 amide bonds. The molecule has 0 saturated heterocycles. The molecule has 0 fully saturated rings. The van der Waals surface area contributed by atoms with Crippen molar-refractivity contribution in [3.8, 4) is 5.75 Å². The minimum Gasteiger partial charge on any atom is -0.497 e. The van der Waals surface area contributed by atoms with Gasteiger partial charge < -0.3 is 10.1 Å². The van der Waals surface area contributed by atoms with E-state index in [9.17, 15) is 0 Å². The summed E-state index contributed by atoms with van der Waals surface area (Å²) < 4.78 is 7.43. The molecular formula is C15H15Br2NO. The summed E-state index contributed by atoms with van der Waals surface area (Å²) in [5, 5.41) is 3.41. The quantitative estimate of drug-likeness (QED) is 0.787. The number of methoxy groups -OCH3 is 1. The molecule has 2 aromatic carbocycles. The van der Waals surface area contributed by atoms with Crippen LogP contribution < -0.4 is 10.1 Å². The number of hydrogen-bond acceptors (Lipinski definition) is 2. The first-order valence-electron chi connectivity index (χ1n) is 5.92. The van der Waals surface area contributed by atoms with Crippen molar-refractivity contribution in [2.24, 2.45) is 0 Å². The van der Waals surface area contributed by atoms with Crippen LogP contribution in [0.15, 0.2) is 45.3 Å². The molecule has 2 rings (SSSR count). The maximum atomic E-state index is 5.24. The van der Waals surface area contributed by atoms with Crippen LogP contribution in [0.3, 0.4) is 0 Å². The van der Waals surface area contributed by atoms with Crippen molar-refractivity contribution in [1.82, 2.24) is 0 Å². The molecule has 4 heteroatoms. The van der Waals surface area contributed by atoms with Gasteiger partial charge in [0.25, 0.3) is 0 Å². The summed E-state index contributed by atoms with van der Waals surface area (Å²) >= 11 is 7.09. The molecule has 2 nitrogen and oxygen atoms in total. The Morgan fingerprint density at radius 3 is 2.53 bits per heavy atom. The lowest BCUT2D eigenvalue weighted by Crippen LogP contribution is -2.01. The molecule has 0 unspecified atom stereocenters. The summed E-state index contributed by atoms with van der Waals surface area (Å²) in [6, 6.07) is 12.2. The first kappa shape index (κ1) is 14.4. The Hall–Kier alpha value is -1.00. The highest BCUT2D eigenvalue weighted by Crippen LogP contribution is 2.25. The van der Waals surface area contributed by atoms with E-state index in [0.717, 1.165) is 32.5 Å². The van der Waals surface area contributed by atoms with E-state index in [-0.39, 0.29) is 0 Å². The summed E-state index contributed by atoms with van der Waals surface area (Å²) in [6.45, 7) is 2.82. The van der Waals surface area contributed by atoms with E-state index in [1.54, 1.807) is 7.11 Å². The van der Waals surface area contributed by atoms with Crippen LogP contribution in [0.4, 0.5) is 5.69 Å². The Kier molecular flexibility index (Phi) is 4.88. The molecular weight excluding hydrogens is 370 g/mol. The van der Waals surface area contributed by atoms with Gasteiger partial charge >= 0.3 is 0 Å². The molecule has 0 aliphatic heterocycles. The van der Waals surface area contributed by atoms with E-state index in [1.165, 1.54) is 5.56 Å². The van der Waals surface area contributed by atoms with Crippen molar-refractivity contribution in [2.45, 2.75) is 13.5 Å². The van der Waals surface area contributed by atoms with Crippen molar-refractivity contribution >= 4 is 37.5 Å². The lowest BCUT2D eigenvalue weighted by molar-refractivity contribution is 0.414. The van der Waals surface area contributed by atoms with E-state index in [1.807, 2.05) is 18.2 Å². The summed E-state index contributed by atoms with van der Waals surface area (Å²) in [4.78, 5) is 0. The molecule has 0 aliphatic carbocycles. The standard InChI is InChI=1S/C15H15Br2NO/c1-10-3-4-12(8-15(10)17)18-9-11-7-13(19-2)5-6-14(11)16/h3-8,18H,9H2,1-2H3. The second-order valence-corrected chi connectivity index (χ2v) is 5.98. The fourth-order valence-electron chi connectivity index (χ4n) is 1.71. The summed E-state index contributed by atoms with van der Waals surface area (Å²) in [6.07, 6.45) is 0. The van der Waals surface area contributed by atoms with Crippen LogP contribution in [0.1, 0.15) is 11.1 Å². The third-order valence-corrected chi connectivity index (χ3v) is 4.54. The Morgan fingerprint density at radius 2 is 1.84 bits per heavy atom. The van der Waals surface area contributed by atoms with Gasteiger partial charge in [-0.05, 0) is 48.4 Å². The molecule has 0 saturated carbocycles. The maximum absolute atomic E-state index is 5.24. The number of halogens is 2. The highest BCUT2D eigenvalue weighted by molar-refractivity contribution is 9.10. The number of ether oxygens (including phenoxy) is 1. The minimum atomic E-state index is 0.743. The molecule has 0 atom stereocenters. The van der Waals surface area contributed by atoms with Crippen molar-refractivity contribution in [3.63, 3.8) is 0 Å². The van der Waals surface area contributed by atoms with Gasteiger partial charge in [0.1, 0.15) is 5.75 Å². The predicted molar refractivity (Wildman–Crippen MR) is 86.9 cm³/mol. The third-order valence-electron chi connectivity index (χ3n) is 2.91. The largest absolute Gasteiger partial charge is 0.497 e. The van der Waals surface area contributed by atoms with E-state index in [2.05, 4.69) is 62.3 Å². The number of benzene rings is 2. The molecule has 1 N–H and O–H groups in total. The van der Waals surface area contributed by atoms with Crippen LogP contribution in [0.2, 0.25) is 0 Å². The van der Waals surface area contributed by atoms with Crippen LogP contribution in [-0.2, 0) is 6.54 Å². The number of hydrogen-bond donors (Lipinski definition) is 1. The Labute approximate surface area is 130 Å². The van der Waals surface area contributed by atoms with Gasteiger partial charge in [-0.3, -0.25) is 0 Å². The molecule has 0 aromatic heterocycles. The second-order valence-electron chi connectivity index (χ2n) is 4.27. The SMILES string of the molecule is COc1ccc(Br)c(CNc2ccc(C)c(Br)c2)c1. The van der Waals surface area contributed by atoms with E-state index >= 15 is 0 Å². The zero-order valence-corrected chi connectivity index (χ0v) is 14.0. The zero-order chi connectivity index (χ0) is 13.8. The third kappa shape index (κ3) is 3.74. The van der Waals surface area contributed by atoms with Crippen molar-refractivity contribution in [3.05, 3.63) is 56.5 Å². The van der Waals surface area contributed by atoms with Gasteiger partial charge in [-0.15, -0.1) is 0 Å². The molecule has 0 radical (unpaired) electrons. The number of aryl methyl sites for hydroxylation is 1. The average molecular weight is 385 g/mol. The lowest BCUT2D eigenvalue weighted by atomic mass is 10.2. The van der Waals surface area contributed by atoms with Gasteiger partial charge in [0, 0.05) is 21.2 Å². The fourth-order valence-corrected chi connectivity index (χ4v) is 2.48. The van der Waals surface area contributed by atoms with Gasteiger partial charge in [0.2, 0.25) is 0 Å². The van der Waals surface area contributed by atoms with Crippen LogP contribution in [0, 0.1) is 6.92 Å². The first-order valence-corrected chi connectivity index (χ1v) is 7.51. The van der Waals surface area contributed by atoms with Gasteiger partial charge in [-0.25, -0.2) is 0 Å². The van der Waals surface area contributed by atoms with E-state index in [0.29, 0.717) is 0 Å². The molecule has 19 heavy (non-hydrogen) atoms. The maximum Gasteiger partial charge on any atom is 0.119 e. The zero-order valence-electron chi connectivity index (χ0n) is 10.8. The normalized spacial score (nSPS) is 10.3. The molecule has 0 spiro atoms. The smallest absolute Gasteiger partial charge is 0.119 e. The summed E-state index contributed by atoms with van der Waals surface area (Å²) in [7, 11) is 1.68. The van der Waals surface area contributed by atoms with Crippen LogP contribution in [-0.4, -0.2) is 7.11 Å². The average Bonchev–Trinajstić information content (AvgIpc) is 2.41. The number of nitrogens with one attached hydrogen (secondary N) is 1. The minimum absolute atomic E-state index is 0.743. The Bertz CT molecular complexity index is 584.